The van der Waals surface area contributed by atoms with Gasteiger partial charge in [0.1, 0.15) is 54.5 Å². The Morgan fingerprint density at radius 1 is 0.636 bits per heavy atom. The Labute approximate surface area is 517 Å². The number of hydrogen-bond acceptors (Lipinski definition) is 19. The number of amides is 3. The maximum absolute atomic E-state index is 14.4. The average molecular weight is 1310 g/mol. The van der Waals surface area contributed by atoms with Crippen LogP contribution in [0, 0.1) is 13.8 Å². The van der Waals surface area contributed by atoms with Gasteiger partial charge in [0.25, 0.3) is 0 Å². The van der Waals surface area contributed by atoms with Crippen molar-refractivity contribution >= 4 is 117 Å². The smallest absolute Gasteiger partial charge is 0.434 e. The van der Waals surface area contributed by atoms with Gasteiger partial charge in [0, 0.05) is 102 Å². The first-order chi connectivity index (χ1) is 40.2. The molecule has 8 aromatic rings. The van der Waals surface area contributed by atoms with Gasteiger partial charge < -0.3 is 26.0 Å². The van der Waals surface area contributed by atoms with Crippen molar-refractivity contribution < 1.29 is 69.0 Å². The van der Waals surface area contributed by atoms with Crippen molar-refractivity contribution in [3.63, 3.8) is 0 Å². The number of ketones is 2. The number of halogens is 9. The molecule has 0 radical (unpaired) electrons. The zero-order valence-electron chi connectivity index (χ0n) is 45.6. The third-order valence-corrected chi connectivity index (χ3v) is 12.6. The van der Waals surface area contributed by atoms with Crippen molar-refractivity contribution in [2.45, 2.75) is 97.8 Å². The largest absolute Gasteiger partial charge is 0.480 e. The molecule has 2 saturated heterocycles. The number of alkyl halides is 8. The van der Waals surface area contributed by atoms with Crippen molar-refractivity contribution in [2.75, 3.05) is 23.7 Å². The summed E-state index contributed by atoms with van der Waals surface area (Å²) in [5.41, 5.74) is 2.01. The van der Waals surface area contributed by atoms with E-state index < -0.39 is 90.8 Å². The van der Waals surface area contributed by atoms with Gasteiger partial charge in [0.15, 0.2) is 34.6 Å². The fraction of sp³-hybridized carbons (Fsp3) is 0.321. The molecular formula is C53H53ClF8N16O7S3. The van der Waals surface area contributed by atoms with E-state index in [0.717, 1.165) is 34.0 Å². The Kier molecular flexibility index (Phi) is 25.2. The number of rotatable bonds is 12. The molecule has 88 heavy (non-hydrogen) atoms. The van der Waals surface area contributed by atoms with Gasteiger partial charge in [-0.05, 0) is 49.2 Å². The van der Waals surface area contributed by atoms with E-state index >= 15 is 0 Å². The number of fused-ring (bicyclic) bond motifs is 2. The molecule has 4 atom stereocenters. The summed E-state index contributed by atoms with van der Waals surface area (Å²) in [5, 5.41) is 25.5. The molecule has 0 bridgehead atoms. The maximum atomic E-state index is 14.4. The molecule has 2 aromatic carbocycles. The summed E-state index contributed by atoms with van der Waals surface area (Å²) >= 11 is 7.33. The minimum atomic E-state index is -4.78. The number of carbonyl (C=O) groups excluding carboxylic acids is 5. The highest BCUT2D eigenvalue weighted by molar-refractivity contribution is 8.07. The second kappa shape index (κ2) is 30.8. The second-order valence-corrected chi connectivity index (χ2v) is 18.8. The predicted octanol–water partition coefficient (Wildman–Crippen LogP) is 7.78. The van der Waals surface area contributed by atoms with E-state index in [-0.39, 0.29) is 88.0 Å². The standard InChI is InChI=1S/C26H22F4N8O3.C16H14N4O3.C10H10F4N4O.CH4.ClH.S2.H2S/c1-13(39)24-18-5-15(16-7-32-14(2)33-8-16)3-4-19(18)38(36-24)12-23(40)37-11-17(27)6-20(37)25(41)35-22-10-31-9-21(34-22)26(28,29)30;1-9(21)16-13-5-11(12-6-17-10(2)18-7-12)3-4-14(13)20(19-16)8-15(22)23;11-5-1-6(16-2-5)9(19)18-8-4-15-3-7(17-8)10(12,13)14;;;1-2;/h3-5,7-10,17,20H,6,11-12H2,1-2H3,(H,34,35,41);3-7H,8H2,1-2H3,(H,22,23);3-6,16H,1-2H2,(H,17,18,19);1H4;1H;;1H2/t17-,20+;;5-,6+;;;;/m1.1..../s1. The zero-order chi connectivity index (χ0) is 62.1. The highest BCUT2D eigenvalue weighted by Gasteiger charge is 2.41. The molecule has 6 aromatic heterocycles. The minimum absolute atomic E-state index is 0. The lowest BCUT2D eigenvalue weighted by atomic mass is 10.0. The van der Waals surface area contributed by atoms with Crippen LogP contribution in [0.4, 0.5) is 46.8 Å². The van der Waals surface area contributed by atoms with Crippen LogP contribution in [0.3, 0.4) is 0 Å². The third-order valence-electron chi connectivity index (χ3n) is 12.6. The van der Waals surface area contributed by atoms with Gasteiger partial charge in [-0.1, -0.05) is 19.6 Å². The number of aromatic nitrogens is 12. The first-order valence-electron chi connectivity index (χ1n) is 24.9. The summed E-state index contributed by atoms with van der Waals surface area (Å²) in [6.07, 6.45) is -2.81. The maximum Gasteiger partial charge on any atom is 0.434 e. The van der Waals surface area contributed by atoms with Crippen molar-refractivity contribution in [3.8, 4) is 22.3 Å². The van der Waals surface area contributed by atoms with Crippen LogP contribution in [0.1, 0.15) is 78.1 Å². The Bertz CT molecular complexity index is 3810. The van der Waals surface area contributed by atoms with Crippen LogP contribution < -0.4 is 16.0 Å². The van der Waals surface area contributed by atoms with Crippen LogP contribution in [0.5, 0.6) is 0 Å². The fourth-order valence-corrected chi connectivity index (χ4v) is 8.66. The number of anilines is 2. The summed E-state index contributed by atoms with van der Waals surface area (Å²) in [6, 6.07) is 8.48. The van der Waals surface area contributed by atoms with Crippen LogP contribution in [-0.4, -0.2) is 142 Å². The van der Waals surface area contributed by atoms with E-state index in [2.05, 4.69) is 88.4 Å². The van der Waals surface area contributed by atoms with E-state index in [1.165, 1.54) is 23.2 Å². The van der Waals surface area contributed by atoms with Crippen molar-refractivity contribution in [2.24, 2.45) is 0 Å². The summed E-state index contributed by atoms with van der Waals surface area (Å²) in [6.45, 7) is 5.23. The Balaban J connectivity index is 0.000000299. The number of nitrogens with zero attached hydrogens (tertiary/aromatic N) is 13. The third kappa shape index (κ3) is 18.0. The molecule has 0 unspecified atom stereocenters. The van der Waals surface area contributed by atoms with Crippen molar-refractivity contribution in [1.82, 2.24) is 69.6 Å². The van der Waals surface area contributed by atoms with Crippen molar-refractivity contribution in [3.05, 3.63) is 120 Å². The summed E-state index contributed by atoms with van der Waals surface area (Å²) in [5.74, 6) is -3.31. The molecule has 2 fully saturated rings. The van der Waals surface area contributed by atoms with Gasteiger partial charge in [0.05, 0.1) is 48.4 Å². The number of carboxylic acid groups (broad SMARTS) is 1. The molecule has 0 spiro atoms. The monoisotopic (exact) mass is 1310 g/mol. The first-order valence-corrected chi connectivity index (χ1v) is 26.3. The van der Waals surface area contributed by atoms with Crippen molar-refractivity contribution in [1.29, 1.82) is 0 Å². The molecule has 2 aliphatic heterocycles. The molecule has 3 amide bonds. The Morgan fingerprint density at radius 3 is 1.47 bits per heavy atom. The lowest BCUT2D eigenvalue weighted by Crippen LogP contribution is -2.44. The minimum Gasteiger partial charge on any atom is -0.480 e. The summed E-state index contributed by atoms with van der Waals surface area (Å²) in [4.78, 5) is 104. The number of carboxylic acids is 1. The highest BCUT2D eigenvalue weighted by atomic mass is 35.5. The molecular weight excluding hydrogens is 1260 g/mol. The molecule has 468 valence electrons. The van der Waals surface area contributed by atoms with Gasteiger partial charge >= 0.3 is 18.3 Å². The summed E-state index contributed by atoms with van der Waals surface area (Å²) in [7, 11) is 0. The van der Waals surface area contributed by atoms with E-state index in [9.17, 15) is 63.9 Å². The van der Waals surface area contributed by atoms with Gasteiger partial charge in [-0.15, -0.1) is 12.4 Å². The molecule has 23 nitrogen and oxygen atoms in total. The molecule has 8 heterocycles. The van der Waals surface area contributed by atoms with Gasteiger partial charge in [-0.3, -0.25) is 48.1 Å². The van der Waals surface area contributed by atoms with Crippen LogP contribution >= 0.6 is 25.9 Å². The zero-order valence-corrected chi connectivity index (χ0v) is 49.0. The van der Waals surface area contributed by atoms with Crippen LogP contribution in [0.2, 0.25) is 0 Å². The number of likely N-dealkylation sites (tertiary alicyclic amines) is 1. The lowest BCUT2D eigenvalue weighted by Gasteiger charge is -2.23. The van der Waals surface area contributed by atoms with Crippen LogP contribution in [0.15, 0.2) is 86.0 Å². The fourth-order valence-electron chi connectivity index (χ4n) is 8.66. The van der Waals surface area contributed by atoms with Crippen LogP contribution in [-0.2, 0) is 67.0 Å². The topological polar surface area (TPSA) is 301 Å². The predicted molar refractivity (Wildman–Crippen MR) is 315 cm³/mol. The number of aryl methyl sites for hydroxylation is 2. The molecule has 0 aliphatic carbocycles. The molecule has 4 N–H and O–H groups in total. The quantitative estimate of drug-likeness (QED) is 0.0670. The number of carbonyl (C=O) groups is 6. The summed E-state index contributed by atoms with van der Waals surface area (Å²) < 4.78 is 106. The van der Waals surface area contributed by atoms with Gasteiger partial charge in [0.2, 0.25) is 17.7 Å². The number of Topliss-reactive ketones (excluding diaryl/α,β-unsaturated/α-hetero) is 2. The Hall–Kier alpha value is -8.60. The molecule has 10 rings (SSSR count). The average Bonchev–Trinajstić information content (AvgIpc) is 4.44. The van der Waals surface area contributed by atoms with E-state index in [1.54, 1.807) is 62.9 Å². The van der Waals surface area contributed by atoms with E-state index in [0.29, 0.717) is 51.4 Å². The number of hydrogen-bond donors (Lipinski definition) is 4. The SMILES string of the molecule is C.CC(=O)c1nn(CC(=O)N2C[C@H](F)C[C@H]2C(=O)Nc2cncc(C(F)(F)F)n2)c2ccc(-c3cnc(C)nc3)cc12.CC(=O)c1nn(CC(=O)O)c2ccc(-c3cnc(C)nc3)cc12.Cl.O=C(Nc1cncc(C(F)(F)F)n1)[C@@H]1C[C@@H](F)CN1.S.S=S. The van der Waals surface area contributed by atoms with Gasteiger partial charge in [-0.25, -0.2) is 38.7 Å². The second-order valence-electron chi connectivity index (χ2n) is 18.8. The van der Waals surface area contributed by atoms with Gasteiger partial charge in [-0.2, -0.15) is 50.0 Å². The lowest BCUT2D eigenvalue weighted by molar-refractivity contribution is -0.142. The number of aliphatic carboxylic acids is 1. The molecule has 0 saturated carbocycles. The first kappa shape index (κ1) is 71.9. The normalized spacial score (nSPS) is 15.9. The van der Waals surface area contributed by atoms with Crippen LogP contribution in [0.25, 0.3) is 44.1 Å². The van der Waals surface area contributed by atoms with E-state index in [4.69, 9.17) is 5.11 Å². The highest BCUT2D eigenvalue weighted by Crippen LogP contribution is 2.32. The Morgan fingerprint density at radius 2 is 1.07 bits per heavy atom. The molecule has 2 aliphatic rings. The number of benzene rings is 2. The number of nitrogens with one attached hydrogen (secondary N) is 3. The molecule has 35 heteroatoms. The van der Waals surface area contributed by atoms with E-state index in [1.807, 2.05) is 12.1 Å².